The van der Waals surface area contributed by atoms with Gasteiger partial charge in [-0.05, 0) is 24.6 Å². The molecule has 0 aliphatic carbocycles. The lowest BCUT2D eigenvalue weighted by molar-refractivity contribution is -0.895. The van der Waals surface area contributed by atoms with Gasteiger partial charge in [-0.1, -0.05) is 29.5 Å². The molecule has 1 aliphatic rings. The lowest BCUT2D eigenvalue weighted by Gasteiger charge is -2.19. The van der Waals surface area contributed by atoms with Crippen LogP contribution < -0.4 is 10.5 Å². The van der Waals surface area contributed by atoms with Crippen molar-refractivity contribution in [2.45, 2.75) is 25.0 Å². The number of ether oxygens (including phenoxy) is 1. The van der Waals surface area contributed by atoms with Gasteiger partial charge in [0.05, 0.1) is 42.4 Å². The molecule has 4 rings (SSSR count). The van der Waals surface area contributed by atoms with Gasteiger partial charge in [-0.2, -0.15) is 0 Å². The van der Waals surface area contributed by atoms with Crippen LogP contribution in [0.2, 0.25) is 0 Å². The Kier molecular flexibility index (Phi) is 5.27. The van der Waals surface area contributed by atoms with Gasteiger partial charge in [0, 0.05) is 6.42 Å². The van der Waals surface area contributed by atoms with Crippen molar-refractivity contribution in [2.75, 3.05) is 26.5 Å². The van der Waals surface area contributed by atoms with Crippen LogP contribution in [-0.2, 0) is 22.5 Å². The van der Waals surface area contributed by atoms with Gasteiger partial charge in [-0.3, -0.25) is 14.2 Å². The predicted octanol–water partition coefficient (Wildman–Crippen LogP) is 1.59. The number of methoxy groups -OCH3 is 1. The maximum Gasteiger partial charge on any atom is 0.316 e. The van der Waals surface area contributed by atoms with Crippen molar-refractivity contribution in [3.05, 3.63) is 50.6 Å². The molecule has 2 aromatic heterocycles. The van der Waals surface area contributed by atoms with E-state index in [0.29, 0.717) is 5.16 Å². The molecule has 6 nitrogen and oxygen atoms in total. The summed E-state index contributed by atoms with van der Waals surface area (Å²) in [7, 11) is 3.53. The Morgan fingerprint density at radius 3 is 2.82 bits per heavy atom. The number of carbonyl (C=O) groups is 1. The number of likely N-dealkylation sites (N-methyl/N-ethyl adjacent to an activating group) is 1. The van der Waals surface area contributed by atoms with Gasteiger partial charge in [0.15, 0.2) is 5.16 Å². The number of benzene rings is 1. The molecule has 146 valence electrons. The molecule has 0 radical (unpaired) electrons. The van der Waals surface area contributed by atoms with Crippen LogP contribution in [0.3, 0.4) is 0 Å². The molecule has 0 saturated carbocycles. The van der Waals surface area contributed by atoms with Crippen molar-refractivity contribution < 1.29 is 14.4 Å². The molecular weight excluding hydrogens is 394 g/mol. The quantitative estimate of drug-likeness (QED) is 0.398. The highest BCUT2D eigenvalue weighted by atomic mass is 32.2. The Hall–Kier alpha value is -2.16. The van der Waals surface area contributed by atoms with E-state index < -0.39 is 0 Å². The summed E-state index contributed by atoms with van der Waals surface area (Å²) in [6.07, 6.45) is 0.890. The van der Waals surface area contributed by atoms with E-state index in [1.54, 1.807) is 15.9 Å². The first-order valence-electron chi connectivity index (χ1n) is 9.13. The maximum atomic E-state index is 13.6. The van der Waals surface area contributed by atoms with E-state index >= 15 is 0 Å². The van der Waals surface area contributed by atoms with Crippen LogP contribution in [-0.4, -0.2) is 42.0 Å². The number of aromatic nitrogens is 2. The van der Waals surface area contributed by atoms with Crippen LogP contribution in [0.15, 0.2) is 34.2 Å². The number of aryl methyl sites for hydroxylation is 1. The Labute approximate surface area is 171 Å². The number of hydrogen-bond acceptors (Lipinski definition) is 6. The molecule has 1 aromatic carbocycles. The average molecular weight is 417 g/mol. The second-order valence-electron chi connectivity index (χ2n) is 7.05. The SMILES string of the molecule is COC(=O)CSc1nc2sc3c(c2c(=O)n1-c1ccc(C)cc1)CC[NH+](C)C3. The number of hydrogen-bond donors (Lipinski definition) is 1. The number of carbonyl (C=O) groups excluding carboxylic acids is 1. The summed E-state index contributed by atoms with van der Waals surface area (Å²) in [5, 5.41) is 1.25. The first kappa shape index (κ1) is 19.2. The Bertz CT molecular complexity index is 1100. The number of esters is 1. The second kappa shape index (κ2) is 7.69. The van der Waals surface area contributed by atoms with Gasteiger partial charge in [-0.15, -0.1) is 11.3 Å². The minimum Gasteiger partial charge on any atom is -0.468 e. The van der Waals surface area contributed by atoms with Gasteiger partial charge < -0.3 is 9.64 Å². The third-order valence-electron chi connectivity index (χ3n) is 4.98. The molecule has 0 bridgehead atoms. The Morgan fingerprint density at radius 2 is 2.11 bits per heavy atom. The number of thiophene rings is 1. The molecular formula is C20H22N3O3S2+. The highest BCUT2D eigenvalue weighted by molar-refractivity contribution is 7.99. The summed E-state index contributed by atoms with van der Waals surface area (Å²) < 4.78 is 6.39. The molecule has 3 heterocycles. The summed E-state index contributed by atoms with van der Waals surface area (Å²) in [6.45, 7) is 3.95. The zero-order valence-corrected chi connectivity index (χ0v) is 17.7. The van der Waals surface area contributed by atoms with Gasteiger partial charge in [-0.25, -0.2) is 4.98 Å². The van der Waals surface area contributed by atoms with Crippen LogP contribution in [0.5, 0.6) is 0 Å². The number of nitrogens with one attached hydrogen (secondary N) is 1. The highest BCUT2D eigenvalue weighted by Gasteiger charge is 2.26. The monoisotopic (exact) mass is 416 g/mol. The normalized spacial score (nSPS) is 16.2. The molecule has 1 atom stereocenters. The molecule has 0 fully saturated rings. The Morgan fingerprint density at radius 1 is 1.36 bits per heavy atom. The molecule has 0 saturated heterocycles. The standard InChI is InChI=1S/C20H21N3O3S2/c1-12-4-6-13(7-5-12)23-19(25)17-14-8-9-22(2)10-15(14)28-18(17)21-20(23)27-11-16(24)26-3/h4-7H,8-11H2,1-3H3/p+1. The van der Waals surface area contributed by atoms with E-state index in [9.17, 15) is 9.59 Å². The Balaban J connectivity index is 1.92. The molecule has 3 aromatic rings. The van der Waals surface area contributed by atoms with Crippen molar-refractivity contribution in [3.63, 3.8) is 0 Å². The van der Waals surface area contributed by atoms with Gasteiger partial charge >= 0.3 is 5.97 Å². The number of nitrogens with zero attached hydrogens (tertiary/aromatic N) is 2. The van der Waals surface area contributed by atoms with Crippen molar-refractivity contribution in [3.8, 4) is 5.69 Å². The van der Waals surface area contributed by atoms with Crippen LogP contribution in [0, 0.1) is 6.92 Å². The van der Waals surface area contributed by atoms with E-state index in [0.717, 1.165) is 46.5 Å². The van der Waals surface area contributed by atoms with Crippen molar-refractivity contribution in [1.29, 1.82) is 0 Å². The summed E-state index contributed by atoms with van der Waals surface area (Å²) in [5.41, 5.74) is 2.97. The fraction of sp³-hybridized carbons (Fsp3) is 0.350. The van der Waals surface area contributed by atoms with Gasteiger partial charge in [0.25, 0.3) is 5.56 Å². The van der Waals surface area contributed by atoms with E-state index in [1.807, 2.05) is 31.2 Å². The molecule has 28 heavy (non-hydrogen) atoms. The zero-order valence-electron chi connectivity index (χ0n) is 16.1. The van der Waals surface area contributed by atoms with Gasteiger partial charge in [0.1, 0.15) is 11.4 Å². The molecule has 1 unspecified atom stereocenters. The third kappa shape index (κ3) is 3.47. The smallest absolute Gasteiger partial charge is 0.316 e. The minimum absolute atomic E-state index is 0.0572. The largest absolute Gasteiger partial charge is 0.468 e. The summed E-state index contributed by atoms with van der Waals surface area (Å²) in [6, 6.07) is 7.79. The minimum atomic E-state index is -0.342. The van der Waals surface area contributed by atoms with Crippen LogP contribution in [0.25, 0.3) is 15.9 Å². The fourth-order valence-corrected chi connectivity index (χ4v) is 5.66. The van der Waals surface area contributed by atoms with Crippen LogP contribution in [0.1, 0.15) is 16.0 Å². The van der Waals surface area contributed by atoms with E-state index in [1.165, 1.54) is 28.6 Å². The first-order chi connectivity index (χ1) is 13.5. The van der Waals surface area contributed by atoms with Gasteiger partial charge in [0.2, 0.25) is 0 Å². The molecule has 0 spiro atoms. The van der Waals surface area contributed by atoms with Crippen molar-refractivity contribution in [1.82, 2.24) is 9.55 Å². The molecule has 8 heteroatoms. The van der Waals surface area contributed by atoms with E-state index in [2.05, 4.69) is 7.05 Å². The van der Waals surface area contributed by atoms with Crippen LogP contribution >= 0.6 is 23.1 Å². The topological polar surface area (TPSA) is 65.6 Å². The lowest BCUT2D eigenvalue weighted by Crippen LogP contribution is -3.08. The third-order valence-corrected chi connectivity index (χ3v) is 7.02. The second-order valence-corrected chi connectivity index (χ2v) is 9.08. The lowest BCUT2D eigenvalue weighted by atomic mass is 10.1. The number of rotatable bonds is 4. The van der Waals surface area contributed by atoms with Crippen molar-refractivity contribution >= 4 is 39.3 Å². The number of fused-ring (bicyclic) bond motifs is 3. The maximum absolute atomic E-state index is 13.6. The summed E-state index contributed by atoms with van der Waals surface area (Å²) in [4.78, 5) is 33.5. The first-order valence-corrected chi connectivity index (χ1v) is 10.9. The number of quaternary nitrogens is 1. The predicted molar refractivity (Wildman–Crippen MR) is 112 cm³/mol. The fourth-order valence-electron chi connectivity index (χ4n) is 3.44. The summed E-state index contributed by atoms with van der Waals surface area (Å²) >= 11 is 2.84. The highest BCUT2D eigenvalue weighted by Crippen LogP contribution is 2.31. The number of thioether (sulfide) groups is 1. The average Bonchev–Trinajstić information content (AvgIpc) is 3.04. The van der Waals surface area contributed by atoms with Crippen molar-refractivity contribution in [2.24, 2.45) is 0 Å². The molecule has 0 amide bonds. The van der Waals surface area contributed by atoms with Crippen LogP contribution in [0.4, 0.5) is 0 Å². The molecule has 1 aliphatic heterocycles. The zero-order chi connectivity index (χ0) is 19.8. The summed E-state index contributed by atoms with van der Waals surface area (Å²) in [5.74, 6) is -0.233. The van der Waals surface area contributed by atoms with E-state index in [4.69, 9.17) is 9.72 Å². The molecule has 1 N–H and O–H groups in total. The van der Waals surface area contributed by atoms with E-state index in [-0.39, 0.29) is 17.3 Å².